The van der Waals surface area contributed by atoms with E-state index in [1.165, 1.54) is 12.1 Å². The molecule has 4 rings (SSSR count). The molecule has 0 bridgehead atoms. The van der Waals surface area contributed by atoms with Crippen LogP contribution in [-0.2, 0) is 6.18 Å². The smallest absolute Gasteiger partial charge is 0.339 e. The minimum Gasteiger partial charge on any atom is -0.339 e. The molecule has 2 heterocycles. The van der Waals surface area contributed by atoms with E-state index in [9.17, 15) is 18.0 Å². The lowest BCUT2D eigenvalue weighted by atomic mass is 9.98. The predicted molar refractivity (Wildman–Crippen MR) is 108 cm³/mol. The van der Waals surface area contributed by atoms with Crippen molar-refractivity contribution in [1.82, 2.24) is 15.0 Å². The summed E-state index contributed by atoms with van der Waals surface area (Å²) < 4.78 is 44.2. The molecular weight excluding hydrogens is 409 g/mol. The summed E-state index contributed by atoms with van der Waals surface area (Å²) in [5, 5.41) is 6.62. The molecule has 31 heavy (non-hydrogen) atoms. The normalized spacial score (nSPS) is 16.9. The molecule has 0 saturated carbocycles. The number of halogens is 3. The number of aryl methyl sites for hydroxylation is 1. The van der Waals surface area contributed by atoms with Gasteiger partial charge in [-0.1, -0.05) is 35.0 Å². The van der Waals surface area contributed by atoms with E-state index in [2.05, 4.69) is 15.5 Å². The number of rotatable bonds is 3. The Balaban J connectivity index is 1.44. The molecule has 6 nitrogen and oxygen atoms in total. The number of piperidine rings is 1. The Kier molecular flexibility index (Phi) is 5.67. The van der Waals surface area contributed by atoms with Crippen LogP contribution in [-0.4, -0.2) is 34.2 Å². The third-order valence-electron chi connectivity index (χ3n) is 5.22. The van der Waals surface area contributed by atoms with E-state index in [0.29, 0.717) is 24.8 Å². The lowest BCUT2D eigenvalue weighted by Crippen LogP contribution is -2.41. The maximum atomic E-state index is 12.9. The number of likely N-dealkylation sites (tertiary alicyclic amines) is 1. The van der Waals surface area contributed by atoms with Gasteiger partial charge < -0.3 is 14.7 Å². The average molecular weight is 430 g/mol. The number of benzene rings is 2. The Bertz CT molecular complexity index is 1080. The summed E-state index contributed by atoms with van der Waals surface area (Å²) in [4.78, 5) is 18.7. The maximum absolute atomic E-state index is 12.9. The number of amides is 2. The molecule has 162 valence electrons. The fourth-order valence-corrected chi connectivity index (χ4v) is 3.64. The second kappa shape index (κ2) is 8.41. The second-order valence-electron chi connectivity index (χ2n) is 7.62. The molecule has 1 N–H and O–H groups in total. The lowest BCUT2D eigenvalue weighted by Gasteiger charge is -2.31. The summed E-state index contributed by atoms with van der Waals surface area (Å²) in [6.07, 6.45) is -2.96. The van der Waals surface area contributed by atoms with Gasteiger partial charge in [-0.2, -0.15) is 18.2 Å². The van der Waals surface area contributed by atoms with E-state index in [0.717, 1.165) is 36.1 Å². The number of nitrogens with zero attached hydrogens (tertiary/aromatic N) is 3. The molecule has 1 unspecified atom stereocenters. The standard InChI is InChI=1S/C22H21F3N4O2/c1-14-5-2-6-15(11-14)19-27-20(31-28-19)16-7-4-10-29(13-16)21(30)26-18-9-3-8-17(12-18)22(23,24)25/h2-3,5-6,8-9,11-12,16H,4,7,10,13H2,1H3,(H,26,30). The number of hydrogen-bond donors (Lipinski definition) is 1. The van der Waals surface area contributed by atoms with E-state index >= 15 is 0 Å². The summed E-state index contributed by atoms with van der Waals surface area (Å²) in [5.41, 5.74) is 1.22. The molecule has 1 atom stereocenters. The maximum Gasteiger partial charge on any atom is 0.416 e. The molecule has 1 aromatic heterocycles. The van der Waals surface area contributed by atoms with Crippen molar-refractivity contribution in [3.63, 3.8) is 0 Å². The number of aromatic nitrogens is 2. The third-order valence-corrected chi connectivity index (χ3v) is 5.22. The Morgan fingerprint density at radius 2 is 2.00 bits per heavy atom. The van der Waals surface area contributed by atoms with E-state index in [1.54, 1.807) is 4.90 Å². The van der Waals surface area contributed by atoms with Crippen LogP contribution in [0.15, 0.2) is 53.1 Å². The Morgan fingerprint density at radius 1 is 1.19 bits per heavy atom. The molecule has 0 radical (unpaired) electrons. The quantitative estimate of drug-likeness (QED) is 0.598. The van der Waals surface area contributed by atoms with Crippen molar-refractivity contribution in [2.45, 2.75) is 31.9 Å². The van der Waals surface area contributed by atoms with Crippen LogP contribution in [0.2, 0.25) is 0 Å². The van der Waals surface area contributed by atoms with Crippen molar-refractivity contribution in [2.75, 3.05) is 18.4 Å². The highest BCUT2D eigenvalue weighted by Gasteiger charge is 2.31. The number of carbonyl (C=O) groups excluding carboxylic acids is 1. The first kappa shape index (κ1) is 20.9. The van der Waals surface area contributed by atoms with Gasteiger partial charge in [0.05, 0.1) is 11.5 Å². The molecule has 2 amide bonds. The number of urea groups is 1. The Hall–Kier alpha value is -3.36. The van der Waals surface area contributed by atoms with Crippen molar-refractivity contribution in [1.29, 1.82) is 0 Å². The topological polar surface area (TPSA) is 71.3 Å². The first-order chi connectivity index (χ1) is 14.8. The van der Waals surface area contributed by atoms with E-state index in [-0.39, 0.29) is 11.6 Å². The van der Waals surface area contributed by atoms with Crippen molar-refractivity contribution in [2.24, 2.45) is 0 Å². The molecule has 1 aliphatic rings. The molecule has 1 fully saturated rings. The fraction of sp³-hybridized carbons (Fsp3) is 0.318. The predicted octanol–water partition coefficient (Wildman–Crippen LogP) is 5.48. The first-order valence-electron chi connectivity index (χ1n) is 9.93. The zero-order valence-electron chi connectivity index (χ0n) is 16.8. The van der Waals surface area contributed by atoms with Crippen LogP contribution in [0, 0.1) is 6.92 Å². The average Bonchev–Trinajstić information content (AvgIpc) is 3.24. The van der Waals surface area contributed by atoms with Crippen LogP contribution < -0.4 is 5.32 Å². The monoisotopic (exact) mass is 430 g/mol. The van der Waals surface area contributed by atoms with Gasteiger partial charge >= 0.3 is 12.2 Å². The third kappa shape index (κ3) is 4.87. The highest BCUT2D eigenvalue weighted by molar-refractivity contribution is 5.89. The number of hydrogen-bond acceptors (Lipinski definition) is 4. The van der Waals surface area contributed by atoms with Crippen molar-refractivity contribution < 1.29 is 22.5 Å². The minimum absolute atomic E-state index is 0.0986. The molecule has 3 aromatic rings. The van der Waals surface area contributed by atoms with Gasteiger partial charge in [-0.15, -0.1) is 0 Å². The molecule has 1 saturated heterocycles. The van der Waals surface area contributed by atoms with Gasteiger partial charge in [0.15, 0.2) is 0 Å². The van der Waals surface area contributed by atoms with Crippen LogP contribution >= 0.6 is 0 Å². The summed E-state index contributed by atoms with van der Waals surface area (Å²) >= 11 is 0. The Morgan fingerprint density at radius 3 is 2.77 bits per heavy atom. The van der Waals surface area contributed by atoms with Gasteiger partial charge in [-0.05, 0) is 44.0 Å². The van der Waals surface area contributed by atoms with Gasteiger partial charge in [-0.25, -0.2) is 4.79 Å². The van der Waals surface area contributed by atoms with Crippen molar-refractivity contribution >= 4 is 11.7 Å². The van der Waals surface area contributed by atoms with Crippen molar-refractivity contribution in [3.05, 3.63) is 65.5 Å². The summed E-state index contributed by atoms with van der Waals surface area (Å²) in [5.74, 6) is 0.810. The fourth-order valence-electron chi connectivity index (χ4n) is 3.64. The summed E-state index contributed by atoms with van der Waals surface area (Å²) in [6.45, 7) is 2.83. The number of anilines is 1. The molecular formula is C22H21F3N4O2. The summed E-state index contributed by atoms with van der Waals surface area (Å²) in [6, 6.07) is 11.9. The van der Waals surface area contributed by atoms with Gasteiger partial charge in [0.25, 0.3) is 0 Å². The van der Waals surface area contributed by atoms with Gasteiger partial charge in [0.2, 0.25) is 11.7 Å². The van der Waals surface area contributed by atoms with Crippen LogP contribution in [0.25, 0.3) is 11.4 Å². The molecule has 9 heteroatoms. The first-order valence-corrected chi connectivity index (χ1v) is 9.93. The van der Waals surface area contributed by atoms with Crippen LogP contribution in [0.4, 0.5) is 23.7 Å². The van der Waals surface area contributed by atoms with Crippen LogP contribution in [0.5, 0.6) is 0 Å². The number of nitrogens with one attached hydrogen (secondary N) is 1. The van der Waals surface area contributed by atoms with Crippen LogP contribution in [0.1, 0.15) is 35.8 Å². The van der Waals surface area contributed by atoms with Crippen LogP contribution in [0.3, 0.4) is 0 Å². The number of alkyl halides is 3. The highest BCUT2D eigenvalue weighted by Crippen LogP contribution is 2.31. The second-order valence-corrected chi connectivity index (χ2v) is 7.62. The van der Waals surface area contributed by atoms with Gasteiger partial charge in [0, 0.05) is 24.3 Å². The Labute approximate surface area is 177 Å². The lowest BCUT2D eigenvalue weighted by molar-refractivity contribution is -0.137. The van der Waals surface area contributed by atoms with Gasteiger partial charge in [0.1, 0.15) is 0 Å². The highest BCUT2D eigenvalue weighted by atomic mass is 19.4. The molecule has 0 aliphatic carbocycles. The zero-order chi connectivity index (χ0) is 22.0. The molecule has 1 aliphatic heterocycles. The van der Waals surface area contributed by atoms with Crippen molar-refractivity contribution in [3.8, 4) is 11.4 Å². The van der Waals surface area contributed by atoms with E-state index in [4.69, 9.17) is 4.52 Å². The minimum atomic E-state index is -4.47. The zero-order valence-corrected chi connectivity index (χ0v) is 16.8. The van der Waals surface area contributed by atoms with E-state index < -0.39 is 17.8 Å². The number of carbonyl (C=O) groups is 1. The molecule has 2 aromatic carbocycles. The SMILES string of the molecule is Cc1cccc(-c2noc(C3CCCN(C(=O)Nc4cccc(C(F)(F)F)c4)C3)n2)c1. The molecule has 0 spiro atoms. The largest absolute Gasteiger partial charge is 0.416 e. The summed E-state index contributed by atoms with van der Waals surface area (Å²) in [7, 11) is 0. The van der Waals surface area contributed by atoms with Gasteiger partial charge in [-0.3, -0.25) is 0 Å². The van der Waals surface area contributed by atoms with E-state index in [1.807, 2.05) is 31.2 Å².